The average molecular weight is 388 g/mol. The highest BCUT2D eigenvalue weighted by Crippen LogP contribution is 2.44. The maximum atomic E-state index is 6.07. The van der Waals surface area contributed by atoms with Crippen LogP contribution in [0.15, 0.2) is 54.6 Å². The number of hydrogen-bond acceptors (Lipinski definition) is 2. The Morgan fingerprint density at radius 2 is 1.81 bits per heavy atom. The summed E-state index contributed by atoms with van der Waals surface area (Å²) >= 11 is 2.32. The van der Waals surface area contributed by atoms with Gasteiger partial charge in [0.25, 0.3) is 0 Å². The molecule has 1 heterocycles. The van der Waals surface area contributed by atoms with Crippen LogP contribution in [0.4, 0.5) is 0 Å². The molecule has 1 unspecified atom stereocenters. The third-order valence-corrected chi connectivity index (χ3v) is 4.30. The summed E-state index contributed by atoms with van der Waals surface area (Å²) in [5.41, 5.74) is 3.17. The van der Waals surface area contributed by atoms with Gasteiger partial charge in [-0.1, -0.05) is 60.5 Å². The fourth-order valence-corrected chi connectivity index (χ4v) is 3.21. The van der Waals surface area contributed by atoms with E-state index in [-0.39, 0.29) is 6.61 Å². The van der Waals surface area contributed by atoms with Gasteiger partial charge in [0.1, 0.15) is 12.4 Å². The minimum atomic E-state index is -0.467. The lowest BCUT2D eigenvalue weighted by atomic mass is 10.0. The van der Waals surface area contributed by atoms with Crippen LogP contribution in [0, 0.1) is 12.3 Å². The minimum absolute atomic E-state index is 0.220. The Kier molecular flexibility index (Phi) is 4.28. The summed E-state index contributed by atoms with van der Waals surface area (Å²) in [6.45, 7) is 0.220. The van der Waals surface area contributed by atoms with Crippen LogP contribution in [-0.4, -0.2) is 6.61 Å². The molecule has 2 aromatic carbocycles. The van der Waals surface area contributed by atoms with Gasteiger partial charge in [0.05, 0.1) is 3.58 Å². The Bertz CT molecular complexity index is 713. The van der Waals surface area contributed by atoms with E-state index < -0.39 is 6.29 Å². The number of fused-ring (bicyclic) bond motifs is 1. The van der Waals surface area contributed by atoms with Gasteiger partial charge in [-0.2, -0.15) is 0 Å². The molecule has 0 amide bonds. The molecule has 0 aromatic heterocycles. The largest absolute Gasteiger partial charge is 0.459 e. The topological polar surface area (TPSA) is 18.5 Å². The fraction of sp³-hybridized carbons (Fsp3) is 0.111. The van der Waals surface area contributed by atoms with Gasteiger partial charge in [0, 0.05) is 16.7 Å². The van der Waals surface area contributed by atoms with E-state index in [1.807, 2.05) is 48.5 Å². The number of hydrogen-bond donors (Lipinski definition) is 0. The van der Waals surface area contributed by atoms with Crippen molar-refractivity contribution in [2.24, 2.45) is 0 Å². The second-order valence-electron chi connectivity index (χ2n) is 4.56. The summed E-state index contributed by atoms with van der Waals surface area (Å²) in [5.74, 6) is 3.32. The Morgan fingerprint density at radius 3 is 2.57 bits per heavy atom. The molecule has 2 aromatic rings. The maximum absolute atomic E-state index is 6.07. The van der Waals surface area contributed by atoms with E-state index in [4.69, 9.17) is 15.9 Å². The van der Waals surface area contributed by atoms with E-state index >= 15 is 0 Å². The molecule has 0 spiro atoms. The molecule has 0 aliphatic carbocycles. The van der Waals surface area contributed by atoms with Crippen LogP contribution in [0.5, 0.6) is 0 Å². The lowest BCUT2D eigenvalue weighted by Gasteiger charge is -2.28. The molecule has 0 N–H and O–H groups in total. The monoisotopic (exact) mass is 388 g/mol. The third kappa shape index (κ3) is 2.82. The van der Waals surface area contributed by atoms with Crippen molar-refractivity contribution in [3.05, 3.63) is 71.3 Å². The van der Waals surface area contributed by atoms with E-state index in [2.05, 4.69) is 34.6 Å². The van der Waals surface area contributed by atoms with Crippen molar-refractivity contribution >= 4 is 31.9 Å². The van der Waals surface area contributed by atoms with Crippen molar-refractivity contribution in [3.8, 4) is 12.3 Å². The number of halogens is 1. The SMILES string of the molecule is C#CCOC1OC(c2ccccc2)=C(I)c2ccccc21. The first kappa shape index (κ1) is 14.2. The minimum Gasteiger partial charge on any atom is -0.459 e. The normalized spacial score (nSPS) is 16.9. The maximum Gasteiger partial charge on any atom is 0.228 e. The number of terminal acetylenes is 1. The summed E-state index contributed by atoms with van der Waals surface area (Å²) < 4.78 is 12.8. The van der Waals surface area contributed by atoms with Crippen LogP contribution >= 0.6 is 22.6 Å². The zero-order valence-electron chi connectivity index (χ0n) is 11.3. The lowest BCUT2D eigenvalue weighted by molar-refractivity contribution is -0.0896. The van der Waals surface area contributed by atoms with Crippen molar-refractivity contribution in [3.63, 3.8) is 0 Å². The third-order valence-electron chi connectivity index (χ3n) is 3.23. The smallest absolute Gasteiger partial charge is 0.228 e. The first-order chi connectivity index (χ1) is 10.3. The van der Waals surface area contributed by atoms with Crippen LogP contribution < -0.4 is 0 Å². The molecule has 3 rings (SSSR count). The van der Waals surface area contributed by atoms with Gasteiger partial charge in [-0.05, 0) is 22.6 Å². The molecule has 1 aliphatic heterocycles. The molecule has 0 bridgehead atoms. The fourth-order valence-electron chi connectivity index (χ4n) is 2.28. The summed E-state index contributed by atoms with van der Waals surface area (Å²) in [6, 6.07) is 18.1. The molecule has 1 atom stereocenters. The average Bonchev–Trinajstić information content (AvgIpc) is 2.55. The Hall–Kier alpha value is -1.77. The predicted molar refractivity (Wildman–Crippen MR) is 92.3 cm³/mol. The second kappa shape index (κ2) is 6.33. The summed E-state index contributed by atoms with van der Waals surface area (Å²) in [4.78, 5) is 0. The van der Waals surface area contributed by atoms with Gasteiger partial charge in [-0.3, -0.25) is 0 Å². The predicted octanol–water partition coefficient (Wildman–Crippen LogP) is 4.63. The summed E-state index contributed by atoms with van der Waals surface area (Å²) in [6.07, 6.45) is 4.83. The first-order valence-corrected chi connectivity index (χ1v) is 7.65. The van der Waals surface area contributed by atoms with Gasteiger partial charge in [0.2, 0.25) is 6.29 Å². The van der Waals surface area contributed by atoms with Gasteiger partial charge >= 0.3 is 0 Å². The van der Waals surface area contributed by atoms with Crippen molar-refractivity contribution in [1.82, 2.24) is 0 Å². The number of benzene rings is 2. The van der Waals surface area contributed by atoms with E-state index in [1.54, 1.807) is 0 Å². The van der Waals surface area contributed by atoms with Crippen molar-refractivity contribution in [1.29, 1.82) is 0 Å². The van der Waals surface area contributed by atoms with Crippen molar-refractivity contribution in [2.75, 3.05) is 6.61 Å². The zero-order valence-corrected chi connectivity index (χ0v) is 13.4. The Labute approximate surface area is 137 Å². The molecule has 0 fully saturated rings. The highest BCUT2D eigenvalue weighted by Gasteiger charge is 2.27. The quantitative estimate of drug-likeness (QED) is 0.564. The zero-order chi connectivity index (χ0) is 14.7. The van der Waals surface area contributed by atoms with Gasteiger partial charge < -0.3 is 9.47 Å². The van der Waals surface area contributed by atoms with Crippen LogP contribution in [-0.2, 0) is 9.47 Å². The van der Waals surface area contributed by atoms with Gasteiger partial charge in [0.15, 0.2) is 0 Å². The molecular formula is C18H13IO2. The van der Waals surface area contributed by atoms with Crippen molar-refractivity contribution in [2.45, 2.75) is 6.29 Å². The van der Waals surface area contributed by atoms with Crippen LogP contribution in [0.25, 0.3) is 9.34 Å². The van der Waals surface area contributed by atoms with Crippen LogP contribution in [0.1, 0.15) is 23.0 Å². The molecule has 0 saturated carbocycles. The Morgan fingerprint density at radius 1 is 1.10 bits per heavy atom. The first-order valence-electron chi connectivity index (χ1n) is 6.57. The Balaban J connectivity index is 2.08. The van der Waals surface area contributed by atoms with Gasteiger partial charge in [-0.25, -0.2) is 0 Å². The van der Waals surface area contributed by atoms with Crippen LogP contribution in [0.2, 0.25) is 0 Å². The summed E-state index contributed by atoms with van der Waals surface area (Å²) in [7, 11) is 0. The molecule has 1 aliphatic rings. The molecule has 3 heteroatoms. The second-order valence-corrected chi connectivity index (χ2v) is 5.64. The van der Waals surface area contributed by atoms with E-state index in [9.17, 15) is 0 Å². The highest BCUT2D eigenvalue weighted by atomic mass is 127. The standard InChI is InChI=1S/C18H13IO2/c1-2-12-20-18-15-11-7-6-10-14(15)16(19)17(21-18)13-8-4-3-5-9-13/h1,3-11,18H,12H2. The lowest BCUT2D eigenvalue weighted by Crippen LogP contribution is -2.15. The molecule has 104 valence electrons. The molecule has 2 nitrogen and oxygen atoms in total. The molecule has 0 radical (unpaired) electrons. The molecular weight excluding hydrogens is 375 g/mol. The molecule has 21 heavy (non-hydrogen) atoms. The number of ether oxygens (including phenoxy) is 2. The molecule has 0 saturated heterocycles. The van der Waals surface area contributed by atoms with Crippen LogP contribution in [0.3, 0.4) is 0 Å². The van der Waals surface area contributed by atoms with Crippen molar-refractivity contribution < 1.29 is 9.47 Å². The number of rotatable bonds is 3. The highest BCUT2D eigenvalue weighted by molar-refractivity contribution is 14.1. The van der Waals surface area contributed by atoms with E-state index in [0.29, 0.717) is 0 Å². The van der Waals surface area contributed by atoms with E-state index in [1.165, 1.54) is 0 Å². The summed E-state index contributed by atoms with van der Waals surface area (Å²) in [5, 5.41) is 0. The van der Waals surface area contributed by atoms with E-state index in [0.717, 1.165) is 26.0 Å². The van der Waals surface area contributed by atoms with Gasteiger partial charge in [-0.15, -0.1) is 6.42 Å².